The van der Waals surface area contributed by atoms with E-state index in [9.17, 15) is 20.0 Å². The maximum Gasteiger partial charge on any atom is 0.254 e. The molecule has 3 N–H and O–H groups in total. The molecule has 1 atom stereocenters. The Labute approximate surface area is 219 Å². The third-order valence-electron chi connectivity index (χ3n) is 8.08. The van der Waals surface area contributed by atoms with Gasteiger partial charge in [0.15, 0.2) is 0 Å². The highest BCUT2D eigenvalue weighted by molar-refractivity contribution is 6.01. The minimum atomic E-state index is -0.575. The lowest BCUT2D eigenvalue weighted by atomic mass is 9.63. The molecule has 10 heteroatoms. The van der Waals surface area contributed by atoms with E-state index in [4.69, 9.17) is 0 Å². The molecule has 192 valence electrons. The molecular formula is C28H27N7O3. The van der Waals surface area contributed by atoms with Gasteiger partial charge < -0.3 is 15.7 Å². The predicted molar refractivity (Wildman–Crippen MR) is 141 cm³/mol. The predicted octanol–water partition coefficient (Wildman–Crippen LogP) is 3.03. The van der Waals surface area contributed by atoms with Crippen LogP contribution in [0.2, 0.25) is 0 Å². The van der Waals surface area contributed by atoms with Crippen molar-refractivity contribution in [3.63, 3.8) is 0 Å². The summed E-state index contributed by atoms with van der Waals surface area (Å²) in [7, 11) is 0. The number of amides is 2. The highest BCUT2D eigenvalue weighted by Gasteiger charge is 2.48. The Balaban J connectivity index is 1.33. The lowest BCUT2D eigenvalue weighted by Crippen LogP contribution is -2.54. The first-order valence-electron chi connectivity index (χ1n) is 12.8. The second-order valence-corrected chi connectivity index (χ2v) is 10.5. The second-order valence-electron chi connectivity index (χ2n) is 10.5. The number of carbonyl (C=O) groups excluding carboxylic acids is 2. The fraction of sp³-hybridized carbons (Fsp3) is 0.357. The van der Waals surface area contributed by atoms with Crippen LogP contribution in [0.15, 0.2) is 53.8 Å². The molecule has 4 aliphatic rings. The smallest absolute Gasteiger partial charge is 0.254 e. The fourth-order valence-electron chi connectivity index (χ4n) is 5.70. The lowest BCUT2D eigenvalue weighted by molar-refractivity contribution is -0.120. The maximum atomic E-state index is 13.3. The van der Waals surface area contributed by atoms with Crippen molar-refractivity contribution < 1.29 is 14.7 Å². The number of fused-ring (bicyclic) bond motifs is 4. The summed E-state index contributed by atoms with van der Waals surface area (Å²) in [5.41, 5.74) is 2.83. The molecule has 3 aromatic rings. The number of carbonyl (C=O) groups is 2. The standard InChI is InChI=1S/C28H27N7O3/c29-14-18-12-20-3-4-24(35(20)33-15-18)23-13-22(34-27-5-8-28(38,9-6-27)10-7-27)21(17-31-23)26(37)32-16-19-2-1-11-30-25(19)36/h1-4,11-13,15,17,19,38H,5-10,16H2,(H,31,34)(H,32,37). The summed E-state index contributed by atoms with van der Waals surface area (Å²) in [5.74, 6) is -1.13. The number of rotatable bonds is 6. The Morgan fingerprint density at radius 1 is 1.16 bits per heavy atom. The summed E-state index contributed by atoms with van der Waals surface area (Å²) in [6.07, 6.45) is 12.5. The molecule has 0 spiro atoms. The zero-order chi connectivity index (χ0) is 26.3. The largest absolute Gasteiger partial charge is 0.390 e. The van der Waals surface area contributed by atoms with E-state index in [2.05, 4.69) is 31.8 Å². The molecule has 3 fully saturated rings. The number of nitrogens with one attached hydrogen (secondary N) is 2. The molecule has 38 heavy (non-hydrogen) atoms. The second kappa shape index (κ2) is 9.19. The van der Waals surface area contributed by atoms with Gasteiger partial charge in [0.05, 0.1) is 51.4 Å². The van der Waals surface area contributed by atoms with Crippen LogP contribution in [0.1, 0.15) is 54.4 Å². The van der Waals surface area contributed by atoms with E-state index in [1.165, 1.54) is 12.4 Å². The van der Waals surface area contributed by atoms with Gasteiger partial charge in [-0.15, -0.1) is 0 Å². The van der Waals surface area contributed by atoms with Crippen molar-refractivity contribution in [1.82, 2.24) is 19.9 Å². The third kappa shape index (κ3) is 4.35. The van der Waals surface area contributed by atoms with E-state index in [1.54, 1.807) is 28.9 Å². The average Bonchev–Trinajstić information content (AvgIpc) is 3.36. The van der Waals surface area contributed by atoms with Crippen LogP contribution in [0.3, 0.4) is 0 Å². The van der Waals surface area contributed by atoms with Crippen molar-refractivity contribution in [3.8, 4) is 17.5 Å². The van der Waals surface area contributed by atoms with Crippen LogP contribution in [0.25, 0.3) is 16.9 Å². The van der Waals surface area contributed by atoms with Gasteiger partial charge in [-0.25, -0.2) is 9.51 Å². The number of pyridine rings is 1. The number of allylic oxidation sites excluding steroid dienone is 1. The summed E-state index contributed by atoms with van der Waals surface area (Å²) in [6.45, 7) is 0.138. The fourth-order valence-corrected chi connectivity index (χ4v) is 5.70. The van der Waals surface area contributed by atoms with Crippen LogP contribution in [0.5, 0.6) is 0 Å². The number of nitrogens with zero attached hydrogens (tertiary/aromatic N) is 5. The summed E-state index contributed by atoms with van der Waals surface area (Å²) < 4.78 is 1.72. The number of hydrogen-bond acceptors (Lipinski definition) is 7. The lowest BCUT2D eigenvalue weighted by Gasteiger charge is -2.51. The van der Waals surface area contributed by atoms with Crippen molar-refractivity contribution in [1.29, 1.82) is 5.26 Å². The van der Waals surface area contributed by atoms with Gasteiger partial charge in [0.1, 0.15) is 6.07 Å². The molecule has 2 amide bonds. The van der Waals surface area contributed by atoms with Gasteiger partial charge in [-0.05, 0) is 68.9 Å². The number of hydrogen-bond donors (Lipinski definition) is 3. The van der Waals surface area contributed by atoms with E-state index >= 15 is 0 Å². The summed E-state index contributed by atoms with van der Waals surface area (Å²) in [5, 5.41) is 30.8. The molecule has 10 nitrogen and oxygen atoms in total. The quantitative estimate of drug-likeness (QED) is 0.463. The Hall–Kier alpha value is -4.36. The topological polar surface area (TPSA) is 145 Å². The minimum Gasteiger partial charge on any atom is -0.390 e. The van der Waals surface area contributed by atoms with Gasteiger partial charge >= 0.3 is 0 Å². The van der Waals surface area contributed by atoms with Crippen LogP contribution >= 0.6 is 0 Å². The molecule has 1 aliphatic heterocycles. The molecule has 0 saturated heterocycles. The van der Waals surface area contributed by atoms with E-state index in [-0.39, 0.29) is 23.9 Å². The van der Waals surface area contributed by atoms with E-state index in [0.717, 1.165) is 49.7 Å². The van der Waals surface area contributed by atoms with Crippen LogP contribution < -0.4 is 10.6 Å². The molecule has 4 heterocycles. The van der Waals surface area contributed by atoms with E-state index < -0.39 is 11.5 Å². The Morgan fingerprint density at radius 3 is 2.68 bits per heavy atom. The Morgan fingerprint density at radius 2 is 1.95 bits per heavy atom. The van der Waals surface area contributed by atoms with Gasteiger partial charge in [-0.3, -0.25) is 14.6 Å². The first-order valence-corrected chi connectivity index (χ1v) is 12.8. The van der Waals surface area contributed by atoms with Crippen molar-refractivity contribution >= 4 is 29.2 Å². The molecule has 3 saturated carbocycles. The first-order chi connectivity index (χ1) is 18.4. The number of anilines is 1. The van der Waals surface area contributed by atoms with Crippen LogP contribution in [-0.2, 0) is 4.79 Å². The minimum absolute atomic E-state index is 0.138. The van der Waals surface area contributed by atoms with Crippen LogP contribution in [0.4, 0.5) is 5.69 Å². The summed E-state index contributed by atoms with van der Waals surface area (Å²) in [6, 6.07) is 9.47. The van der Waals surface area contributed by atoms with E-state index in [0.29, 0.717) is 22.5 Å². The molecule has 3 aliphatic carbocycles. The number of aliphatic imine (C=N–C) groups is 1. The Kier molecular flexibility index (Phi) is 5.80. The molecule has 3 aromatic heterocycles. The van der Waals surface area contributed by atoms with E-state index in [1.807, 2.05) is 18.2 Å². The van der Waals surface area contributed by atoms with Crippen LogP contribution in [-0.4, -0.2) is 55.4 Å². The van der Waals surface area contributed by atoms with Gasteiger partial charge in [-0.2, -0.15) is 10.4 Å². The maximum absolute atomic E-state index is 13.3. The van der Waals surface area contributed by atoms with Crippen molar-refractivity contribution in [3.05, 3.63) is 59.9 Å². The van der Waals surface area contributed by atoms with Crippen molar-refractivity contribution in [2.45, 2.75) is 49.7 Å². The van der Waals surface area contributed by atoms with Crippen LogP contribution in [0, 0.1) is 17.2 Å². The average molecular weight is 510 g/mol. The SMILES string of the molecule is N#Cc1cnn2c(-c3cc(NC45CCC(O)(CC4)CC5)c(C(=O)NCC4C=CC=NC4=O)cn3)ccc2c1. The highest BCUT2D eigenvalue weighted by atomic mass is 16.3. The number of aromatic nitrogens is 3. The normalized spacial score (nSPS) is 25.9. The molecule has 7 rings (SSSR count). The molecule has 0 radical (unpaired) electrons. The number of nitriles is 1. The monoisotopic (exact) mass is 509 g/mol. The molecular weight excluding hydrogens is 482 g/mol. The number of dihydropyridines is 1. The number of aliphatic hydroxyl groups is 1. The molecule has 2 bridgehead atoms. The Bertz CT molecular complexity index is 1520. The van der Waals surface area contributed by atoms with Crippen molar-refractivity contribution in [2.75, 3.05) is 11.9 Å². The third-order valence-corrected chi connectivity index (χ3v) is 8.08. The van der Waals surface area contributed by atoms with Gasteiger partial charge in [0.2, 0.25) is 0 Å². The van der Waals surface area contributed by atoms with Gasteiger partial charge in [0.25, 0.3) is 11.8 Å². The zero-order valence-electron chi connectivity index (χ0n) is 20.7. The van der Waals surface area contributed by atoms with Crippen molar-refractivity contribution in [2.24, 2.45) is 10.9 Å². The van der Waals surface area contributed by atoms with Gasteiger partial charge in [0, 0.05) is 24.5 Å². The molecule has 0 aromatic carbocycles. The summed E-state index contributed by atoms with van der Waals surface area (Å²) >= 11 is 0. The first kappa shape index (κ1) is 24.0. The summed E-state index contributed by atoms with van der Waals surface area (Å²) in [4.78, 5) is 33.8. The van der Waals surface area contributed by atoms with Gasteiger partial charge in [-0.1, -0.05) is 6.08 Å². The molecule has 1 unspecified atom stereocenters. The highest BCUT2D eigenvalue weighted by Crippen LogP contribution is 2.48. The zero-order valence-corrected chi connectivity index (χ0v) is 20.7.